The van der Waals surface area contributed by atoms with Crippen molar-refractivity contribution in [3.05, 3.63) is 39.6 Å². The molecule has 2 rings (SSSR count). The van der Waals surface area contributed by atoms with E-state index in [1.54, 1.807) is 17.4 Å². The predicted octanol–water partition coefficient (Wildman–Crippen LogP) is 2.72. The average molecular weight is 279 g/mol. The predicted molar refractivity (Wildman–Crippen MR) is 75.7 cm³/mol. The van der Waals surface area contributed by atoms with Gasteiger partial charge in [-0.3, -0.25) is 0 Å². The number of phenols is 3. The van der Waals surface area contributed by atoms with Gasteiger partial charge in [-0.15, -0.1) is 11.3 Å². The second-order valence-corrected chi connectivity index (χ2v) is 5.27. The normalized spacial score (nSPS) is 10.8. The first-order valence-electron chi connectivity index (χ1n) is 6.12. The number of aromatic hydroxyl groups is 3. The fourth-order valence-corrected chi connectivity index (χ4v) is 2.85. The first kappa shape index (κ1) is 13.7. The van der Waals surface area contributed by atoms with Gasteiger partial charge < -0.3 is 20.6 Å². The maximum atomic E-state index is 9.69. The lowest BCUT2D eigenvalue weighted by Gasteiger charge is -2.09. The molecule has 0 radical (unpaired) electrons. The molecule has 0 aliphatic rings. The minimum atomic E-state index is -0.468. The van der Waals surface area contributed by atoms with Gasteiger partial charge in [0.1, 0.15) is 0 Å². The second-order valence-electron chi connectivity index (χ2n) is 4.27. The van der Waals surface area contributed by atoms with Crippen molar-refractivity contribution in [2.45, 2.75) is 26.4 Å². The van der Waals surface area contributed by atoms with Crippen molar-refractivity contribution in [1.29, 1.82) is 0 Å². The van der Waals surface area contributed by atoms with Crippen molar-refractivity contribution in [3.8, 4) is 17.2 Å². The molecule has 0 saturated carbocycles. The fourth-order valence-electron chi connectivity index (χ4n) is 1.90. The third-order valence-corrected chi connectivity index (χ3v) is 4.00. The van der Waals surface area contributed by atoms with Crippen LogP contribution in [0.2, 0.25) is 0 Å². The zero-order chi connectivity index (χ0) is 13.8. The van der Waals surface area contributed by atoms with Gasteiger partial charge in [0.2, 0.25) is 5.75 Å². The number of benzene rings is 1. The number of hydrogen-bond donors (Lipinski definition) is 4. The summed E-state index contributed by atoms with van der Waals surface area (Å²) in [5, 5.41) is 33.6. The SMILES string of the molecule is CCc1ccsc1CNCc1ccc(O)c(O)c1O. The van der Waals surface area contributed by atoms with Crippen LogP contribution in [-0.4, -0.2) is 15.3 Å². The number of phenolic OH excluding ortho intramolecular Hbond substituents is 3. The van der Waals surface area contributed by atoms with Crippen LogP contribution < -0.4 is 5.32 Å². The van der Waals surface area contributed by atoms with Crippen LogP contribution in [0.3, 0.4) is 0 Å². The van der Waals surface area contributed by atoms with Gasteiger partial charge in [-0.25, -0.2) is 0 Å². The Bertz CT molecular complexity index is 566. The van der Waals surface area contributed by atoms with Crippen molar-refractivity contribution in [3.63, 3.8) is 0 Å². The van der Waals surface area contributed by atoms with Crippen molar-refractivity contribution >= 4 is 11.3 Å². The molecule has 19 heavy (non-hydrogen) atoms. The summed E-state index contributed by atoms with van der Waals surface area (Å²) in [6.07, 6.45) is 1.01. The number of hydrogen-bond acceptors (Lipinski definition) is 5. The zero-order valence-corrected chi connectivity index (χ0v) is 11.5. The van der Waals surface area contributed by atoms with Crippen LogP contribution in [0.25, 0.3) is 0 Å². The second kappa shape index (κ2) is 5.95. The molecule has 4 N–H and O–H groups in total. The highest BCUT2D eigenvalue weighted by molar-refractivity contribution is 7.10. The van der Waals surface area contributed by atoms with Gasteiger partial charge in [0, 0.05) is 23.5 Å². The van der Waals surface area contributed by atoms with Gasteiger partial charge in [0.25, 0.3) is 0 Å². The molecule has 0 aliphatic heterocycles. The van der Waals surface area contributed by atoms with Gasteiger partial charge in [-0.2, -0.15) is 0 Å². The third kappa shape index (κ3) is 3.00. The zero-order valence-electron chi connectivity index (χ0n) is 10.7. The fraction of sp³-hybridized carbons (Fsp3) is 0.286. The van der Waals surface area contributed by atoms with E-state index in [2.05, 4.69) is 23.7 Å². The number of thiophene rings is 1. The molecule has 4 nitrogen and oxygen atoms in total. The molecule has 0 amide bonds. The first-order valence-corrected chi connectivity index (χ1v) is 7.00. The summed E-state index contributed by atoms with van der Waals surface area (Å²) in [6, 6.07) is 5.08. The molecular formula is C14H17NO3S. The summed E-state index contributed by atoms with van der Waals surface area (Å²) in [6.45, 7) is 3.28. The Labute approximate surface area is 116 Å². The van der Waals surface area contributed by atoms with Crippen molar-refractivity contribution in [2.24, 2.45) is 0 Å². The largest absolute Gasteiger partial charge is 0.504 e. The lowest BCUT2D eigenvalue weighted by Crippen LogP contribution is -2.12. The van der Waals surface area contributed by atoms with E-state index in [9.17, 15) is 15.3 Å². The van der Waals surface area contributed by atoms with Crippen LogP contribution in [0, 0.1) is 0 Å². The molecule has 5 heteroatoms. The van der Waals surface area contributed by atoms with Crippen molar-refractivity contribution in [1.82, 2.24) is 5.32 Å². The lowest BCUT2D eigenvalue weighted by molar-refractivity contribution is 0.364. The molecule has 0 bridgehead atoms. The molecule has 0 aliphatic carbocycles. The van der Waals surface area contributed by atoms with Crippen LogP contribution in [0.1, 0.15) is 22.9 Å². The highest BCUT2D eigenvalue weighted by atomic mass is 32.1. The molecule has 0 spiro atoms. The quantitative estimate of drug-likeness (QED) is 0.635. The summed E-state index contributed by atoms with van der Waals surface area (Å²) in [7, 11) is 0. The topological polar surface area (TPSA) is 72.7 Å². The highest BCUT2D eigenvalue weighted by Gasteiger charge is 2.10. The maximum absolute atomic E-state index is 9.69. The molecule has 1 heterocycles. The first-order chi connectivity index (χ1) is 9.13. The van der Waals surface area contributed by atoms with Crippen molar-refractivity contribution < 1.29 is 15.3 Å². The summed E-state index contributed by atoms with van der Waals surface area (Å²) in [4.78, 5) is 1.28. The summed E-state index contributed by atoms with van der Waals surface area (Å²) in [5.74, 6) is -1.05. The Kier molecular flexibility index (Phi) is 4.29. The Hall–Kier alpha value is -1.72. The monoisotopic (exact) mass is 279 g/mol. The summed E-state index contributed by atoms with van der Waals surface area (Å²) >= 11 is 1.70. The smallest absolute Gasteiger partial charge is 0.200 e. The van der Waals surface area contributed by atoms with Gasteiger partial charge in [-0.1, -0.05) is 13.0 Å². The van der Waals surface area contributed by atoms with Crippen LogP contribution in [0.4, 0.5) is 0 Å². The van der Waals surface area contributed by atoms with E-state index < -0.39 is 5.75 Å². The molecule has 0 atom stereocenters. The Morgan fingerprint density at radius 1 is 1.00 bits per heavy atom. The van der Waals surface area contributed by atoms with E-state index in [1.807, 2.05) is 0 Å². The van der Waals surface area contributed by atoms with Gasteiger partial charge >= 0.3 is 0 Å². The highest BCUT2D eigenvalue weighted by Crippen LogP contribution is 2.36. The number of nitrogens with one attached hydrogen (secondary N) is 1. The van der Waals surface area contributed by atoms with E-state index in [0.717, 1.165) is 13.0 Å². The molecule has 0 saturated heterocycles. The molecule has 102 valence electrons. The van der Waals surface area contributed by atoms with Gasteiger partial charge in [0.05, 0.1) is 0 Å². The average Bonchev–Trinajstić information content (AvgIpc) is 2.86. The Morgan fingerprint density at radius 2 is 1.79 bits per heavy atom. The van der Waals surface area contributed by atoms with E-state index in [-0.39, 0.29) is 11.5 Å². The van der Waals surface area contributed by atoms with Crippen LogP contribution in [0.15, 0.2) is 23.6 Å². The number of rotatable bonds is 5. The third-order valence-electron chi connectivity index (χ3n) is 3.03. The molecule has 0 unspecified atom stereocenters. The standard InChI is InChI=1S/C14H17NO3S/c1-2-9-5-6-19-12(9)8-15-7-10-3-4-11(16)14(18)13(10)17/h3-6,15-18H,2,7-8H2,1H3. The Balaban J connectivity index is 1.98. The maximum Gasteiger partial charge on any atom is 0.200 e. The van der Waals surface area contributed by atoms with Crippen LogP contribution >= 0.6 is 11.3 Å². The Morgan fingerprint density at radius 3 is 2.53 bits per heavy atom. The van der Waals surface area contributed by atoms with Gasteiger partial charge in [-0.05, 0) is 29.5 Å². The minimum absolute atomic E-state index is 0.269. The van der Waals surface area contributed by atoms with E-state index in [4.69, 9.17) is 0 Å². The summed E-state index contributed by atoms with van der Waals surface area (Å²) in [5.41, 5.74) is 1.89. The molecule has 2 aromatic rings. The molecule has 1 aromatic heterocycles. The summed E-state index contributed by atoms with van der Waals surface area (Å²) < 4.78 is 0. The van der Waals surface area contributed by atoms with Crippen LogP contribution in [0.5, 0.6) is 17.2 Å². The molecule has 1 aromatic carbocycles. The lowest BCUT2D eigenvalue weighted by atomic mass is 10.1. The number of aryl methyl sites for hydroxylation is 1. The molecule has 0 fully saturated rings. The molecular weight excluding hydrogens is 262 g/mol. The van der Waals surface area contributed by atoms with E-state index >= 15 is 0 Å². The van der Waals surface area contributed by atoms with E-state index in [1.165, 1.54) is 16.5 Å². The van der Waals surface area contributed by atoms with Crippen LogP contribution in [-0.2, 0) is 19.5 Å². The van der Waals surface area contributed by atoms with Crippen molar-refractivity contribution in [2.75, 3.05) is 0 Å². The van der Waals surface area contributed by atoms with E-state index in [0.29, 0.717) is 12.1 Å². The minimum Gasteiger partial charge on any atom is -0.504 e. The van der Waals surface area contributed by atoms with Gasteiger partial charge in [0.15, 0.2) is 11.5 Å².